The van der Waals surface area contributed by atoms with E-state index in [9.17, 15) is 10.2 Å². The third-order valence-electron chi connectivity index (χ3n) is 2.16. The summed E-state index contributed by atoms with van der Waals surface area (Å²) in [5, 5.41) is 19.5. The van der Waals surface area contributed by atoms with E-state index < -0.39 is 11.7 Å². The van der Waals surface area contributed by atoms with Gasteiger partial charge in [0.25, 0.3) is 0 Å². The summed E-state index contributed by atoms with van der Waals surface area (Å²) in [4.78, 5) is 0. The SMILES string of the molecule is C=CC(O)(C=C)C(O)Cc1ccco1. The predicted molar refractivity (Wildman–Crippen MR) is 53.8 cm³/mol. The Morgan fingerprint density at radius 1 is 1.50 bits per heavy atom. The van der Waals surface area contributed by atoms with Crippen LogP contribution in [0.2, 0.25) is 0 Å². The molecule has 14 heavy (non-hydrogen) atoms. The average Bonchev–Trinajstić information content (AvgIpc) is 2.69. The lowest BCUT2D eigenvalue weighted by atomic mass is 9.94. The van der Waals surface area contributed by atoms with Crippen LogP contribution in [0.25, 0.3) is 0 Å². The van der Waals surface area contributed by atoms with Crippen LogP contribution in [0.5, 0.6) is 0 Å². The second-order valence-electron chi connectivity index (χ2n) is 3.09. The minimum absolute atomic E-state index is 0.224. The third-order valence-corrected chi connectivity index (χ3v) is 2.16. The fourth-order valence-electron chi connectivity index (χ4n) is 1.14. The number of furan rings is 1. The van der Waals surface area contributed by atoms with E-state index in [1.54, 1.807) is 12.1 Å². The second kappa shape index (κ2) is 4.26. The minimum atomic E-state index is -1.47. The van der Waals surface area contributed by atoms with Gasteiger partial charge in [-0.25, -0.2) is 0 Å². The lowest BCUT2D eigenvalue weighted by Crippen LogP contribution is -2.39. The molecule has 0 bridgehead atoms. The van der Waals surface area contributed by atoms with Crippen molar-refractivity contribution in [1.82, 2.24) is 0 Å². The Kier molecular flexibility index (Phi) is 3.28. The van der Waals surface area contributed by atoms with Crippen molar-refractivity contribution in [2.75, 3.05) is 0 Å². The number of aliphatic hydroxyl groups is 2. The Bertz CT molecular complexity index is 292. The van der Waals surface area contributed by atoms with Gasteiger partial charge in [-0.1, -0.05) is 25.3 Å². The van der Waals surface area contributed by atoms with E-state index in [1.165, 1.54) is 18.4 Å². The van der Waals surface area contributed by atoms with Crippen LogP contribution in [0.3, 0.4) is 0 Å². The van der Waals surface area contributed by atoms with Gasteiger partial charge in [-0.05, 0) is 12.1 Å². The largest absolute Gasteiger partial charge is 0.469 e. The van der Waals surface area contributed by atoms with Crippen molar-refractivity contribution in [1.29, 1.82) is 0 Å². The zero-order valence-electron chi connectivity index (χ0n) is 7.89. The monoisotopic (exact) mass is 194 g/mol. The first-order chi connectivity index (χ1) is 6.62. The Balaban J connectivity index is 2.70. The van der Waals surface area contributed by atoms with Crippen molar-refractivity contribution in [3.05, 3.63) is 49.5 Å². The molecule has 1 unspecified atom stereocenters. The first-order valence-corrected chi connectivity index (χ1v) is 4.32. The minimum Gasteiger partial charge on any atom is -0.469 e. The highest BCUT2D eigenvalue weighted by atomic mass is 16.3. The van der Waals surface area contributed by atoms with Crippen LogP contribution < -0.4 is 0 Å². The molecule has 1 aromatic heterocycles. The maximum atomic E-state index is 9.77. The first-order valence-electron chi connectivity index (χ1n) is 4.32. The predicted octanol–water partition coefficient (Wildman–Crippen LogP) is 1.29. The Hall–Kier alpha value is -1.32. The maximum absolute atomic E-state index is 9.77. The smallest absolute Gasteiger partial charge is 0.127 e. The van der Waals surface area contributed by atoms with Crippen molar-refractivity contribution in [3.8, 4) is 0 Å². The van der Waals surface area contributed by atoms with E-state index in [0.717, 1.165) is 0 Å². The quantitative estimate of drug-likeness (QED) is 0.694. The molecule has 0 aliphatic rings. The summed E-state index contributed by atoms with van der Waals surface area (Å²) in [6, 6.07) is 3.46. The van der Waals surface area contributed by atoms with Crippen LogP contribution in [0.4, 0.5) is 0 Å². The molecule has 1 rings (SSSR count). The molecule has 0 amide bonds. The molecule has 0 aliphatic heterocycles. The highest BCUT2D eigenvalue weighted by Gasteiger charge is 2.29. The molecular formula is C11H14O3. The van der Waals surface area contributed by atoms with Crippen molar-refractivity contribution < 1.29 is 14.6 Å². The molecule has 0 aliphatic carbocycles. The van der Waals surface area contributed by atoms with Crippen LogP contribution in [0.15, 0.2) is 48.1 Å². The summed E-state index contributed by atoms with van der Waals surface area (Å²) in [6.07, 6.45) is 3.26. The molecule has 1 heterocycles. The fourth-order valence-corrected chi connectivity index (χ4v) is 1.14. The van der Waals surface area contributed by atoms with Crippen LogP contribution >= 0.6 is 0 Å². The van der Waals surface area contributed by atoms with E-state index >= 15 is 0 Å². The third kappa shape index (κ3) is 2.13. The van der Waals surface area contributed by atoms with Crippen LogP contribution in [0, 0.1) is 0 Å². The van der Waals surface area contributed by atoms with Gasteiger partial charge in [0, 0.05) is 6.42 Å². The molecule has 0 aromatic carbocycles. The van der Waals surface area contributed by atoms with E-state index in [1.807, 2.05) is 0 Å². The Morgan fingerprint density at radius 2 is 2.14 bits per heavy atom. The number of aliphatic hydroxyl groups excluding tert-OH is 1. The zero-order chi connectivity index (χ0) is 10.6. The molecule has 0 spiro atoms. The molecule has 2 N–H and O–H groups in total. The lowest BCUT2D eigenvalue weighted by Gasteiger charge is -2.25. The van der Waals surface area contributed by atoms with Gasteiger partial charge < -0.3 is 14.6 Å². The summed E-state index contributed by atoms with van der Waals surface area (Å²) < 4.78 is 5.05. The molecule has 76 valence electrons. The summed E-state index contributed by atoms with van der Waals surface area (Å²) in [7, 11) is 0. The van der Waals surface area contributed by atoms with E-state index in [-0.39, 0.29) is 6.42 Å². The standard InChI is InChI=1S/C11H14O3/c1-3-11(13,4-2)10(12)8-9-6-5-7-14-9/h3-7,10,12-13H,1-2,8H2. The van der Waals surface area contributed by atoms with E-state index in [4.69, 9.17) is 4.42 Å². The molecular weight excluding hydrogens is 180 g/mol. The molecule has 3 heteroatoms. The second-order valence-corrected chi connectivity index (χ2v) is 3.09. The lowest BCUT2D eigenvalue weighted by molar-refractivity contribution is -0.00660. The van der Waals surface area contributed by atoms with Gasteiger partial charge in [0.2, 0.25) is 0 Å². The van der Waals surface area contributed by atoms with Crippen LogP contribution in [-0.2, 0) is 6.42 Å². The van der Waals surface area contributed by atoms with Gasteiger partial charge in [-0.2, -0.15) is 0 Å². The van der Waals surface area contributed by atoms with Gasteiger partial charge >= 0.3 is 0 Å². The molecule has 1 atom stereocenters. The van der Waals surface area contributed by atoms with Gasteiger partial charge in [-0.15, -0.1) is 0 Å². The Morgan fingerprint density at radius 3 is 2.57 bits per heavy atom. The topological polar surface area (TPSA) is 53.6 Å². The number of rotatable bonds is 5. The van der Waals surface area contributed by atoms with Crippen molar-refractivity contribution >= 4 is 0 Å². The van der Waals surface area contributed by atoms with Crippen molar-refractivity contribution in [3.63, 3.8) is 0 Å². The maximum Gasteiger partial charge on any atom is 0.127 e. The van der Waals surface area contributed by atoms with Gasteiger partial charge in [0.05, 0.1) is 12.4 Å². The zero-order valence-corrected chi connectivity index (χ0v) is 7.89. The number of hydrogen-bond acceptors (Lipinski definition) is 3. The molecule has 0 fully saturated rings. The fraction of sp³-hybridized carbons (Fsp3) is 0.273. The first kappa shape index (κ1) is 10.8. The normalized spacial score (nSPS) is 13.6. The molecule has 0 saturated carbocycles. The summed E-state index contributed by atoms with van der Waals surface area (Å²) in [5.74, 6) is 0.611. The van der Waals surface area contributed by atoms with Crippen LogP contribution in [0.1, 0.15) is 5.76 Å². The highest BCUT2D eigenvalue weighted by molar-refractivity contribution is 5.15. The van der Waals surface area contributed by atoms with Gasteiger partial charge in [0.15, 0.2) is 0 Å². The Labute approximate surface area is 83.0 Å². The van der Waals surface area contributed by atoms with Crippen LogP contribution in [-0.4, -0.2) is 21.9 Å². The van der Waals surface area contributed by atoms with Gasteiger partial charge in [0.1, 0.15) is 11.4 Å². The van der Waals surface area contributed by atoms with Crippen molar-refractivity contribution in [2.45, 2.75) is 18.1 Å². The molecule has 0 radical (unpaired) electrons. The van der Waals surface area contributed by atoms with Gasteiger partial charge in [-0.3, -0.25) is 0 Å². The van der Waals surface area contributed by atoms with E-state index in [0.29, 0.717) is 5.76 Å². The average molecular weight is 194 g/mol. The summed E-state index contributed by atoms with van der Waals surface area (Å²) >= 11 is 0. The van der Waals surface area contributed by atoms with Crippen molar-refractivity contribution in [2.24, 2.45) is 0 Å². The summed E-state index contributed by atoms with van der Waals surface area (Å²) in [6.45, 7) is 6.88. The highest BCUT2D eigenvalue weighted by Crippen LogP contribution is 2.17. The summed E-state index contributed by atoms with van der Waals surface area (Å²) in [5.41, 5.74) is -1.47. The molecule has 1 aromatic rings. The molecule has 0 saturated heterocycles. The molecule has 3 nitrogen and oxygen atoms in total. The van der Waals surface area contributed by atoms with E-state index in [2.05, 4.69) is 13.2 Å². The number of hydrogen-bond donors (Lipinski definition) is 2.